The second-order valence-corrected chi connectivity index (χ2v) is 5.16. The molecule has 0 unspecified atom stereocenters. The van der Waals surface area contributed by atoms with Crippen LogP contribution in [0, 0.1) is 10.1 Å². The lowest BCUT2D eigenvalue weighted by Crippen LogP contribution is -2.19. The molecule has 1 N–H and O–H groups in total. The van der Waals surface area contributed by atoms with E-state index in [1.165, 1.54) is 23.6 Å². The summed E-state index contributed by atoms with van der Waals surface area (Å²) in [6.45, 7) is 1.83. The molecule has 2 heterocycles. The van der Waals surface area contributed by atoms with Crippen molar-refractivity contribution < 1.29 is 19.2 Å². The van der Waals surface area contributed by atoms with Crippen LogP contribution in [0.4, 0.5) is 10.9 Å². The molecule has 0 bridgehead atoms. The van der Waals surface area contributed by atoms with E-state index in [0.29, 0.717) is 17.4 Å². The quantitative estimate of drug-likeness (QED) is 0.452. The molecule has 0 radical (unpaired) electrons. The average molecular weight is 339 g/mol. The fourth-order valence-corrected chi connectivity index (χ4v) is 2.37. The minimum Gasteiger partial charge on any atom is -0.466 e. The van der Waals surface area contributed by atoms with Crippen molar-refractivity contribution in [2.24, 2.45) is 0 Å². The summed E-state index contributed by atoms with van der Waals surface area (Å²) in [7, 11) is 0. The topological polar surface area (TPSA) is 129 Å². The minimum atomic E-state index is -0.642. The molecular formula is C12H13N5O5S. The molecule has 0 aliphatic rings. The van der Waals surface area contributed by atoms with Gasteiger partial charge in [0.25, 0.3) is 0 Å². The first-order valence-electron chi connectivity index (χ1n) is 6.55. The Hall–Kier alpha value is -2.82. The highest BCUT2D eigenvalue weighted by atomic mass is 32.1. The zero-order valence-corrected chi connectivity index (χ0v) is 12.9. The van der Waals surface area contributed by atoms with Crippen molar-refractivity contribution >= 4 is 34.2 Å². The number of nitrogens with zero attached hydrogens (tertiary/aromatic N) is 4. The maximum Gasteiger partial charge on any atom is 0.389 e. The fraction of sp³-hybridized carbons (Fsp3) is 0.333. The molecule has 0 aromatic carbocycles. The molecule has 23 heavy (non-hydrogen) atoms. The summed E-state index contributed by atoms with van der Waals surface area (Å²) >= 11 is 1.17. The van der Waals surface area contributed by atoms with Crippen molar-refractivity contribution in [3.63, 3.8) is 0 Å². The summed E-state index contributed by atoms with van der Waals surface area (Å²) in [6, 6.07) is 1.20. The maximum absolute atomic E-state index is 11.8. The SMILES string of the molecule is CCOC(=O)Cc1csc(NC(=O)Cn2ccc([N+](=O)[O-])n2)n1. The summed E-state index contributed by atoms with van der Waals surface area (Å²) in [5.74, 6) is -1.15. The molecule has 0 saturated carbocycles. The first-order chi connectivity index (χ1) is 11.0. The van der Waals surface area contributed by atoms with Crippen molar-refractivity contribution in [2.45, 2.75) is 19.9 Å². The second kappa shape index (κ2) is 7.45. The van der Waals surface area contributed by atoms with Gasteiger partial charge in [-0.15, -0.1) is 11.3 Å². The number of hydrogen-bond donors (Lipinski definition) is 1. The third-order valence-corrected chi connectivity index (χ3v) is 3.35. The molecular weight excluding hydrogens is 326 g/mol. The molecule has 0 atom stereocenters. The minimum absolute atomic E-state index is 0.0333. The lowest BCUT2D eigenvalue weighted by molar-refractivity contribution is -0.389. The molecule has 0 saturated heterocycles. The predicted molar refractivity (Wildman–Crippen MR) is 80.0 cm³/mol. The summed E-state index contributed by atoms with van der Waals surface area (Å²) < 4.78 is 5.96. The van der Waals surface area contributed by atoms with Crippen molar-refractivity contribution in [1.82, 2.24) is 14.8 Å². The summed E-state index contributed by atoms with van der Waals surface area (Å²) in [5.41, 5.74) is 0.499. The van der Waals surface area contributed by atoms with Crippen LogP contribution in [0.2, 0.25) is 0 Å². The van der Waals surface area contributed by atoms with Gasteiger partial charge in [-0.3, -0.25) is 9.59 Å². The maximum atomic E-state index is 11.8. The summed E-state index contributed by atoms with van der Waals surface area (Å²) in [6.07, 6.45) is 1.37. The third-order valence-electron chi connectivity index (χ3n) is 2.55. The van der Waals surface area contributed by atoms with Crippen LogP contribution in [-0.2, 0) is 27.3 Å². The monoisotopic (exact) mass is 339 g/mol. The van der Waals surface area contributed by atoms with Gasteiger partial charge >= 0.3 is 11.8 Å². The van der Waals surface area contributed by atoms with Gasteiger partial charge in [-0.2, -0.15) is 4.68 Å². The number of anilines is 1. The second-order valence-electron chi connectivity index (χ2n) is 4.30. The van der Waals surface area contributed by atoms with Crippen LogP contribution in [0.25, 0.3) is 0 Å². The molecule has 2 rings (SSSR count). The predicted octanol–water partition coefficient (Wildman–Crippen LogP) is 0.992. The van der Waals surface area contributed by atoms with Gasteiger partial charge in [-0.25, -0.2) is 4.98 Å². The average Bonchev–Trinajstić information content (AvgIpc) is 3.09. The van der Waals surface area contributed by atoms with E-state index in [4.69, 9.17) is 4.74 Å². The Bertz CT molecular complexity index is 725. The number of rotatable bonds is 7. The highest BCUT2D eigenvalue weighted by molar-refractivity contribution is 7.13. The number of hydrogen-bond acceptors (Lipinski definition) is 8. The number of thiazole rings is 1. The van der Waals surface area contributed by atoms with Gasteiger partial charge in [0.1, 0.15) is 6.54 Å². The molecule has 2 aromatic rings. The Morgan fingerprint density at radius 2 is 2.30 bits per heavy atom. The smallest absolute Gasteiger partial charge is 0.389 e. The summed E-state index contributed by atoms with van der Waals surface area (Å²) in [4.78, 5) is 37.1. The summed E-state index contributed by atoms with van der Waals surface area (Å²) in [5, 5.41) is 18.7. The number of nitrogens with one attached hydrogen (secondary N) is 1. The van der Waals surface area contributed by atoms with Crippen LogP contribution < -0.4 is 5.32 Å². The molecule has 0 spiro atoms. The van der Waals surface area contributed by atoms with Crippen LogP contribution in [0.3, 0.4) is 0 Å². The van der Waals surface area contributed by atoms with Gasteiger partial charge in [0, 0.05) is 5.38 Å². The number of carbonyl (C=O) groups is 2. The van der Waals surface area contributed by atoms with Gasteiger partial charge in [-0.1, -0.05) is 0 Å². The van der Waals surface area contributed by atoms with Crippen LogP contribution in [-0.4, -0.2) is 38.2 Å². The zero-order chi connectivity index (χ0) is 16.8. The lowest BCUT2D eigenvalue weighted by atomic mass is 10.3. The standard InChI is InChI=1S/C12H13N5O5S/c1-2-22-11(19)5-8-7-23-12(13-8)14-10(18)6-16-4-3-9(15-16)17(20)21/h3-4,7H,2,5-6H2,1H3,(H,13,14,18). The van der Waals surface area contributed by atoms with Gasteiger partial charge in [-0.05, 0) is 11.8 Å². The van der Waals surface area contributed by atoms with E-state index in [1.54, 1.807) is 12.3 Å². The van der Waals surface area contributed by atoms with Crippen LogP contribution in [0.15, 0.2) is 17.6 Å². The molecule has 2 aromatic heterocycles. The number of ether oxygens (including phenoxy) is 1. The Morgan fingerprint density at radius 1 is 1.52 bits per heavy atom. The lowest BCUT2D eigenvalue weighted by Gasteiger charge is -2.00. The van der Waals surface area contributed by atoms with Crippen molar-refractivity contribution in [3.8, 4) is 0 Å². The Balaban J connectivity index is 1.88. The molecule has 122 valence electrons. The first kappa shape index (κ1) is 16.5. The van der Waals surface area contributed by atoms with E-state index < -0.39 is 10.8 Å². The van der Waals surface area contributed by atoms with Crippen molar-refractivity contribution in [3.05, 3.63) is 33.5 Å². The molecule has 0 aliphatic heterocycles. The highest BCUT2D eigenvalue weighted by Gasteiger charge is 2.15. The molecule has 0 aliphatic carbocycles. The van der Waals surface area contributed by atoms with Gasteiger partial charge in [0.15, 0.2) is 5.13 Å². The van der Waals surface area contributed by atoms with E-state index in [-0.39, 0.29) is 24.8 Å². The number of carbonyl (C=O) groups excluding carboxylic acids is 2. The number of nitro groups is 1. The number of esters is 1. The first-order valence-corrected chi connectivity index (χ1v) is 7.43. The molecule has 11 heteroatoms. The van der Waals surface area contributed by atoms with Crippen LogP contribution in [0.1, 0.15) is 12.6 Å². The van der Waals surface area contributed by atoms with Crippen molar-refractivity contribution in [1.29, 1.82) is 0 Å². The Labute approximate surface area is 134 Å². The molecule has 10 nitrogen and oxygen atoms in total. The largest absolute Gasteiger partial charge is 0.466 e. The van der Waals surface area contributed by atoms with Crippen LogP contribution in [0.5, 0.6) is 0 Å². The van der Waals surface area contributed by atoms with Crippen LogP contribution >= 0.6 is 11.3 Å². The third kappa shape index (κ3) is 4.85. The van der Waals surface area contributed by atoms with E-state index in [1.807, 2.05) is 0 Å². The highest BCUT2D eigenvalue weighted by Crippen LogP contribution is 2.16. The molecule has 0 fully saturated rings. The van der Waals surface area contributed by atoms with Gasteiger partial charge in [0.2, 0.25) is 5.91 Å². The number of aromatic nitrogens is 3. The Morgan fingerprint density at radius 3 is 2.96 bits per heavy atom. The Kier molecular flexibility index (Phi) is 5.36. The van der Waals surface area contributed by atoms with Crippen molar-refractivity contribution in [2.75, 3.05) is 11.9 Å². The fourth-order valence-electron chi connectivity index (χ4n) is 1.65. The van der Waals surface area contributed by atoms with E-state index in [0.717, 1.165) is 4.68 Å². The number of amides is 1. The van der Waals surface area contributed by atoms with E-state index in [9.17, 15) is 19.7 Å². The molecule has 1 amide bonds. The zero-order valence-electron chi connectivity index (χ0n) is 12.1. The normalized spacial score (nSPS) is 10.3. The van der Waals surface area contributed by atoms with E-state index >= 15 is 0 Å². The van der Waals surface area contributed by atoms with Gasteiger partial charge in [0.05, 0.1) is 36.1 Å². The van der Waals surface area contributed by atoms with E-state index in [2.05, 4.69) is 15.4 Å². The van der Waals surface area contributed by atoms with Gasteiger partial charge < -0.3 is 20.2 Å².